The Balaban J connectivity index is 1.63. The van der Waals surface area contributed by atoms with Crippen LogP contribution in [-0.2, 0) is 22.7 Å². The van der Waals surface area contributed by atoms with Crippen LogP contribution in [0.5, 0.6) is 0 Å². The van der Waals surface area contributed by atoms with Crippen molar-refractivity contribution in [1.82, 2.24) is 0 Å². The molecule has 2 aromatic rings. The third kappa shape index (κ3) is 5.68. The van der Waals surface area contributed by atoms with E-state index in [1.807, 2.05) is 60.7 Å². The molecular weight excluding hydrogens is 272 g/mol. The van der Waals surface area contributed by atoms with Crippen LogP contribution in [0.25, 0.3) is 0 Å². The third-order valence-corrected chi connectivity index (χ3v) is 3.28. The molecule has 2 rings (SSSR count). The van der Waals surface area contributed by atoms with E-state index < -0.39 is 0 Å². The SMILES string of the molecule is C=C(COCc1ccccc1)C(=C)COCc1ccccc1. The molecule has 114 valence electrons. The molecule has 0 saturated heterocycles. The van der Waals surface area contributed by atoms with Gasteiger partial charge in [0.05, 0.1) is 26.4 Å². The number of ether oxygens (including phenoxy) is 2. The second kappa shape index (κ2) is 8.98. The summed E-state index contributed by atoms with van der Waals surface area (Å²) in [5, 5.41) is 0. The van der Waals surface area contributed by atoms with Gasteiger partial charge < -0.3 is 9.47 Å². The molecule has 2 aromatic carbocycles. The average Bonchev–Trinajstić information content (AvgIpc) is 2.56. The largest absolute Gasteiger partial charge is 0.372 e. The minimum atomic E-state index is 0.475. The van der Waals surface area contributed by atoms with Gasteiger partial charge in [-0.1, -0.05) is 73.8 Å². The molecule has 0 atom stereocenters. The van der Waals surface area contributed by atoms with Crippen molar-refractivity contribution in [3.63, 3.8) is 0 Å². The molecule has 0 amide bonds. The summed E-state index contributed by atoms with van der Waals surface area (Å²) >= 11 is 0. The van der Waals surface area contributed by atoms with Crippen LogP contribution in [0.3, 0.4) is 0 Å². The molecule has 2 nitrogen and oxygen atoms in total. The number of hydrogen-bond donors (Lipinski definition) is 0. The first-order valence-corrected chi connectivity index (χ1v) is 7.35. The van der Waals surface area contributed by atoms with E-state index in [0.29, 0.717) is 26.4 Å². The average molecular weight is 294 g/mol. The van der Waals surface area contributed by atoms with Crippen LogP contribution in [0.4, 0.5) is 0 Å². The van der Waals surface area contributed by atoms with E-state index in [4.69, 9.17) is 9.47 Å². The highest BCUT2D eigenvalue weighted by Crippen LogP contribution is 2.10. The fourth-order valence-corrected chi connectivity index (χ4v) is 1.94. The Kier molecular flexibility index (Phi) is 6.62. The fourth-order valence-electron chi connectivity index (χ4n) is 1.94. The summed E-state index contributed by atoms with van der Waals surface area (Å²) in [5.41, 5.74) is 4.07. The molecule has 0 unspecified atom stereocenters. The van der Waals surface area contributed by atoms with Gasteiger partial charge in [-0.15, -0.1) is 0 Å². The van der Waals surface area contributed by atoms with Crippen LogP contribution in [0.2, 0.25) is 0 Å². The minimum absolute atomic E-state index is 0.475. The van der Waals surface area contributed by atoms with Crippen LogP contribution in [0.1, 0.15) is 11.1 Å². The smallest absolute Gasteiger partial charge is 0.0721 e. The first-order valence-electron chi connectivity index (χ1n) is 7.35. The van der Waals surface area contributed by atoms with Crippen molar-refractivity contribution in [3.05, 3.63) is 96.1 Å². The van der Waals surface area contributed by atoms with Crippen molar-refractivity contribution in [2.24, 2.45) is 0 Å². The molecular formula is C20H22O2. The summed E-state index contributed by atoms with van der Waals surface area (Å²) in [7, 11) is 0. The van der Waals surface area contributed by atoms with Gasteiger partial charge in [0.25, 0.3) is 0 Å². The Bertz CT molecular complexity index is 532. The highest BCUT2D eigenvalue weighted by Gasteiger charge is 2.02. The lowest BCUT2D eigenvalue weighted by Gasteiger charge is -2.11. The fraction of sp³-hybridized carbons (Fsp3) is 0.200. The van der Waals surface area contributed by atoms with E-state index in [-0.39, 0.29) is 0 Å². The van der Waals surface area contributed by atoms with Gasteiger partial charge in [0.1, 0.15) is 0 Å². The number of benzene rings is 2. The molecule has 0 fully saturated rings. The second-order valence-corrected chi connectivity index (χ2v) is 5.16. The third-order valence-electron chi connectivity index (χ3n) is 3.28. The highest BCUT2D eigenvalue weighted by molar-refractivity contribution is 5.26. The molecule has 2 heteroatoms. The van der Waals surface area contributed by atoms with Gasteiger partial charge in [0, 0.05) is 0 Å². The molecule has 0 aromatic heterocycles. The van der Waals surface area contributed by atoms with Gasteiger partial charge >= 0.3 is 0 Å². The second-order valence-electron chi connectivity index (χ2n) is 5.16. The maximum atomic E-state index is 5.65. The van der Waals surface area contributed by atoms with Crippen molar-refractivity contribution in [2.45, 2.75) is 13.2 Å². The summed E-state index contributed by atoms with van der Waals surface area (Å²) in [6, 6.07) is 20.2. The summed E-state index contributed by atoms with van der Waals surface area (Å²) in [6.45, 7) is 10.1. The maximum Gasteiger partial charge on any atom is 0.0721 e. The van der Waals surface area contributed by atoms with Crippen LogP contribution in [-0.4, -0.2) is 13.2 Å². The maximum absolute atomic E-state index is 5.65. The molecule has 0 N–H and O–H groups in total. The van der Waals surface area contributed by atoms with Gasteiger partial charge in [-0.05, 0) is 22.3 Å². The van der Waals surface area contributed by atoms with Gasteiger partial charge in [0.2, 0.25) is 0 Å². The topological polar surface area (TPSA) is 18.5 Å². The van der Waals surface area contributed by atoms with E-state index >= 15 is 0 Å². The first kappa shape index (κ1) is 16.2. The molecule has 0 aliphatic heterocycles. The zero-order valence-corrected chi connectivity index (χ0v) is 12.8. The summed E-state index contributed by atoms with van der Waals surface area (Å²) in [5.74, 6) is 0. The van der Waals surface area contributed by atoms with E-state index in [0.717, 1.165) is 22.3 Å². The zero-order chi connectivity index (χ0) is 15.6. The lowest BCUT2D eigenvalue weighted by atomic mass is 10.1. The Morgan fingerprint density at radius 2 is 1.00 bits per heavy atom. The number of hydrogen-bond acceptors (Lipinski definition) is 2. The monoisotopic (exact) mass is 294 g/mol. The molecule has 0 spiro atoms. The van der Waals surface area contributed by atoms with Gasteiger partial charge in [-0.2, -0.15) is 0 Å². The summed E-state index contributed by atoms with van der Waals surface area (Å²) < 4.78 is 11.3. The van der Waals surface area contributed by atoms with E-state index in [9.17, 15) is 0 Å². The van der Waals surface area contributed by atoms with Crippen LogP contribution in [0.15, 0.2) is 85.0 Å². The van der Waals surface area contributed by atoms with Gasteiger partial charge in [-0.25, -0.2) is 0 Å². The van der Waals surface area contributed by atoms with E-state index in [2.05, 4.69) is 13.2 Å². The summed E-state index contributed by atoms with van der Waals surface area (Å²) in [4.78, 5) is 0. The molecule has 0 saturated carbocycles. The van der Waals surface area contributed by atoms with Crippen molar-refractivity contribution in [1.29, 1.82) is 0 Å². The predicted molar refractivity (Wildman–Crippen MR) is 90.5 cm³/mol. The zero-order valence-electron chi connectivity index (χ0n) is 12.8. The molecule has 22 heavy (non-hydrogen) atoms. The Morgan fingerprint density at radius 1 is 0.636 bits per heavy atom. The molecule has 0 bridgehead atoms. The van der Waals surface area contributed by atoms with Gasteiger partial charge in [0.15, 0.2) is 0 Å². The lowest BCUT2D eigenvalue weighted by molar-refractivity contribution is 0.130. The molecule has 0 aliphatic rings. The van der Waals surface area contributed by atoms with Crippen LogP contribution >= 0.6 is 0 Å². The van der Waals surface area contributed by atoms with Crippen molar-refractivity contribution in [3.8, 4) is 0 Å². The van der Waals surface area contributed by atoms with Gasteiger partial charge in [-0.3, -0.25) is 0 Å². The Labute approximate surface area is 132 Å². The Hall–Kier alpha value is -2.16. The standard InChI is InChI=1S/C20H22O2/c1-17(13-21-15-19-9-5-3-6-10-19)18(2)14-22-16-20-11-7-4-8-12-20/h3-12H,1-2,13-16H2. The van der Waals surface area contributed by atoms with Crippen molar-refractivity contribution < 1.29 is 9.47 Å². The van der Waals surface area contributed by atoms with Crippen molar-refractivity contribution in [2.75, 3.05) is 13.2 Å². The normalized spacial score (nSPS) is 10.4. The predicted octanol–water partition coefficient (Wildman–Crippen LogP) is 4.53. The quantitative estimate of drug-likeness (QED) is 0.632. The highest BCUT2D eigenvalue weighted by atomic mass is 16.5. The molecule has 0 heterocycles. The minimum Gasteiger partial charge on any atom is -0.372 e. The summed E-state index contributed by atoms with van der Waals surface area (Å²) in [6.07, 6.45) is 0. The van der Waals surface area contributed by atoms with E-state index in [1.165, 1.54) is 0 Å². The van der Waals surface area contributed by atoms with E-state index in [1.54, 1.807) is 0 Å². The van der Waals surface area contributed by atoms with Crippen molar-refractivity contribution >= 4 is 0 Å². The molecule has 0 aliphatic carbocycles. The Morgan fingerprint density at radius 3 is 1.36 bits per heavy atom. The van der Waals surface area contributed by atoms with Crippen LogP contribution < -0.4 is 0 Å². The molecule has 0 radical (unpaired) electrons. The van der Waals surface area contributed by atoms with Crippen LogP contribution in [0, 0.1) is 0 Å². The number of rotatable bonds is 9. The first-order chi connectivity index (χ1) is 10.8. The lowest BCUT2D eigenvalue weighted by Crippen LogP contribution is -2.05.